The number of ether oxygens (including phenoxy) is 4. The molecule has 0 radical (unpaired) electrons. The second kappa shape index (κ2) is 9.72. The van der Waals surface area contributed by atoms with Crippen molar-refractivity contribution in [3.8, 4) is 23.0 Å². The maximum Gasteiger partial charge on any atom is 0.573 e. The molecule has 6 nitrogen and oxygen atoms in total. The van der Waals surface area contributed by atoms with Crippen LogP contribution in [-0.4, -0.2) is 33.6 Å². The van der Waals surface area contributed by atoms with Crippen LogP contribution in [0.15, 0.2) is 42.5 Å². The number of methoxy groups -OCH3 is 3. The molecule has 0 saturated heterocycles. The molecule has 0 aliphatic carbocycles. The lowest BCUT2D eigenvalue weighted by Gasteiger charge is -2.12. The van der Waals surface area contributed by atoms with Crippen LogP contribution in [0.25, 0.3) is 6.08 Å². The molecule has 1 amide bonds. The minimum absolute atomic E-state index is 0.137. The van der Waals surface area contributed by atoms with E-state index in [-0.39, 0.29) is 12.3 Å². The standard InChI is InChI=1S/C20H20F3NO5/c1-26-16-11-18(28-3)17(27-2)10-14(16)6-9-19(25)24-12-13-4-7-15(8-5-13)29-20(21,22)23/h4-11H,12H2,1-3H3,(H,24,25)/b9-6+. The van der Waals surface area contributed by atoms with Gasteiger partial charge in [0.1, 0.15) is 11.5 Å². The lowest BCUT2D eigenvalue weighted by atomic mass is 10.1. The highest BCUT2D eigenvalue weighted by Crippen LogP contribution is 2.35. The number of nitrogens with one attached hydrogen (secondary N) is 1. The van der Waals surface area contributed by atoms with Crippen LogP contribution >= 0.6 is 0 Å². The summed E-state index contributed by atoms with van der Waals surface area (Å²) >= 11 is 0. The highest BCUT2D eigenvalue weighted by Gasteiger charge is 2.30. The molecule has 0 aromatic heterocycles. The Morgan fingerprint density at radius 3 is 2.10 bits per heavy atom. The Balaban J connectivity index is 1.99. The fourth-order valence-electron chi connectivity index (χ4n) is 2.41. The number of halogens is 3. The summed E-state index contributed by atoms with van der Waals surface area (Å²) in [7, 11) is 4.49. The predicted octanol–water partition coefficient (Wildman–Crippen LogP) is 3.94. The third-order valence-corrected chi connectivity index (χ3v) is 3.77. The van der Waals surface area contributed by atoms with E-state index in [9.17, 15) is 18.0 Å². The maximum absolute atomic E-state index is 12.2. The summed E-state index contributed by atoms with van der Waals surface area (Å²) < 4.78 is 56.0. The van der Waals surface area contributed by atoms with E-state index in [0.29, 0.717) is 28.4 Å². The summed E-state index contributed by atoms with van der Waals surface area (Å²) in [5, 5.41) is 2.64. The molecule has 0 unspecified atom stereocenters. The minimum atomic E-state index is -4.74. The highest BCUT2D eigenvalue weighted by molar-refractivity contribution is 5.92. The largest absolute Gasteiger partial charge is 0.573 e. The Morgan fingerprint density at radius 1 is 0.966 bits per heavy atom. The SMILES string of the molecule is COc1cc(OC)c(OC)cc1/C=C/C(=O)NCc1ccc(OC(F)(F)F)cc1. The van der Waals surface area contributed by atoms with E-state index in [0.717, 1.165) is 0 Å². The number of carbonyl (C=O) groups excluding carboxylic acids is 1. The molecular weight excluding hydrogens is 391 g/mol. The van der Waals surface area contributed by atoms with Crippen molar-refractivity contribution in [3.05, 3.63) is 53.6 Å². The molecule has 0 fully saturated rings. The smallest absolute Gasteiger partial charge is 0.496 e. The average molecular weight is 411 g/mol. The molecule has 0 atom stereocenters. The van der Waals surface area contributed by atoms with Gasteiger partial charge in [0.15, 0.2) is 11.5 Å². The fourth-order valence-corrected chi connectivity index (χ4v) is 2.41. The van der Waals surface area contributed by atoms with Gasteiger partial charge >= 0.3 is 6.36 Å². The van der Waals surface area contributed by atoms with Gasteiger partial charge in [0, 0.05) is 24.3 Å². The Bertz CT molecular complexity index is 864. The molecule has 1 N–H and O–H groups in total. The number of hydrogen-bond acceptors (Lipinski definition) is 5. The van der Waals surface area contributed by atoms with Gasteiger partial charge in [0.05, 0.1) is 21.3 Å². The van der Waals surface area contributed by atoms with Gasteiger partial charge in [-0.25, -0.2) is 0 Å². The molecule has 2 aromatic rings. The van der Waals surface area contributed by atoms with Crippen LogP contribution in [0.2, 0.25) is 0 Å². The lowest BCUT2D eigenvalue weighted by molar-refractivity contribution is -0.274. The number of alkyl halides is 3. The quantitative estimate of drug-likeness (QED) is 0.667. The van der Waals surface area contributed by atoms with E-state index in [4.69, 9.17) is 14.2 Å². The fraction of sp³-hybridized carbons (Fsp3) is 0.250. The van der Waals surface area contributed by atoms with E-state index < -0.39 is 12.3 Å². The summed E-state index contributed by atoms with van der Waals surface area (Å²) in [6, 6.07) is 8.53. The molecule has 0 heterocycles. The predicted molar refractivity (Wildman–Crippen MR) is 100 cm³/mol. The van der Waals surface area contributed by atoms with Gasteiger partial charge in [-0.2, -0.15) is 0 Å². The summed E-state index contributed by atoms with van der Waals surface area (Å²) in [5.74, 6) is 0.746. The zero-order chi connectivity index (χ0) is 21.4. The molecule has 0 saturated carbocycles. The Kier molecular flexibility index (Phi) is 7.35. The van der Waals surface area contributed by atoms with E-state index in [1.54, 1.807) is 18.2 Å². The second-order valence-corrected chi connectivity index (χ2v) is 5.69. The monoisotopic (exact) mass is 411 g/mol. The maximum atomic E-state index is 12.2. The van der Waals surface area contributed by atoms with Crippen LogP contribution in [0.4, 0.5) is 13.2 Å². The molecule has 0 spiro atoms. The third-order valence-electron chi connectivity index (χ3n) is 3.77. The van der Waals surface area contributed by atoms with Crippen LogP contribution in [0, 0.1) is 0 Å². The van der Waals surface area contributed by atoms with Crippen LogP contribution in [0.5, 0.6) is 23.0 Å². The van der Waals surface area contributed by atoms with Crippen molar-refractivity contribution >= 4 is 12.0 Å². The van der Waals surface area contributed by atoms with Crippen molar-refractivity contribution in [2.45, 2.75) is 12.9 Å². The lowest BCUT2D eigenvalue weighted by Crippen LogP contribution is -2.20. The number of hydrogen-bond donors (Lipinski definition) is 1. The van der Waals surface area contributed by atoms with Crippen LogP contribution in [0.3, 0.4) is 0 Å². The van der Waals surface area contributed by atoms with E-state index in [1.165, 1.54) is 51.7 Å². The normalized spacial score (nSPS) is 11.2. The Labute approximate surface area is 165 Å². The average Bonchev–Trinajstić information content (AvgIpc) is 2.69. The van der Waals surface area contributed by atoms with Gasteiger partial charge in [-0.3, -0.25) is 4.79 Å². The molecule has 0 aliphatic heterocycles. The Hall–Kier alpha value is -3.36. The topological polar surface area (TPSA) is 66.0 Å². The van der Waals surface area contributed by atoms with Crippen molar-refractivity contribution in [1.29, 1.82) is 0 Å². The van der Waals surface area contributed by atoms with Gasteiger partial charge < -0.3 is 24.3 Å². The number of carbonyl (C=O) groups is 1. The van der Waals surface area contributed by atoms with Crippen LogP contribution in [-0.2, 0) is 11.3 Å². The van der Waals surface area contributed by atoms with Crippen molar-refractivity contribution in [2.75, 3.05) is 21.3 Å². The molecule has 9 heteroatoms. The number of benzene rings is 2. The number of rotatable bonds is 8. The summed E-state index contributed by atoms with van der Waals surface area (Å²) in [5.41, 5.74) is 1.22. The number of amides is 1. The molecule has 156 valence electrons. The zero-order valence-corrected chi connectivity index (χ0v) is 16.0. The van der Waals surface area contributed by atoms with Gasteiger partial charge in [-0.1, -0.05) is 12.1 Å². The molecule has 0 bridgehead atoms. The molecule has 0 aliphatic rings. The summed E-state index contributed by atoms with van der Waals surface area (Å²) in [6.07, 6.45) is -1.88. The van der Waals surface area contributed by atoms with Gasteiger partial charge in [-0.15, -0.1) is 13.2 Å². The summed E-state index contributed by atoms with van der Waals surface area (Å²) in [6.45, 7) is 0.137. The van der Waals surface area contributed by atoms with Gasteiger partial charge in [0.2, 0.25) is 5.91 Å². The van der Waals surface area contributed by atoms with Gasteiger partial charge in [-0.05, 0) is 29.8 Å². The van der Waals surface area contributed by atoms with E-state index in [2.05, 4.69) is 10.1 Å². The second-order valence-electron chi connectivity index (χ2n) is 5.69. The van der Waals surface area contributed by atoms with E-state index in [1.807, 2.05) is 0 Å². The van der Waals surface area contributed by atoms with Crippen molar-refractivity contribution in [2.24, 2.45) is 0 Å². The first-order chi connectivity index (χ1) is 13.8. The molecule has 2 aromatic carbocycles. The van der Waals surface area contributed by atoms with Crippen molar-refractivity contribution in [1.82, 2.24) is 5.32 Å². The molecular formula is C20H20F3NO5. The Morgan fingerprint density at radius 2 is 1.55 bits per heavy atom. The third kappa shape index (κ3) is 6.63. The first-order valence-electron chi connectivity index (χ1n) is 8.36. The van der Waals surface area contributed by atoms with Crippen molar-refractivity contribution in [3.63, 3.8) is 0 Å². The summed E-state index contributed by atoms with van der Waals surface area (Å²) in [4.78, 5) is 12.1. The first-order valence-corrected chi connectivity index (χ1v) is 8.36. The highest BCUT2D eigenvalue weighted by atomic mass is 19.4. The zero-order valence-electron chi connectivity index (χ0n) is 16.0. The first kappa shape index (κ1) is 21.9. The van der Waals surface area contributed by atoms with Crippen LogP contribution in [0.1, 0.15) is 11.1 Å². The van der Waals surface area contributed by atoms with Crippen LogP contribution < -0.4 is 24.3 Å². The minimum Gasteiger partial charge on any atom is -0.496 e. The van der Waals surface area contributed by atoms with E-state index >= 15 is 0 Å². The molecule has 29 heavy (non-hydrogen) atoms. The molecule has 2 rings (SSSR count). The van der Waals surface area contributed by atoms with Crippen molar-refractivity contribution < 1.29 is 36.9 Å². The van der Waals surface area contributed by atoms with Gasteiger partial charge in [0.25, 0.3) is 0 Å².